The molecule has 0 bridgehead atoms. The summed E-state index contributed by atoms with van der Waals surface area (Å²) < 4.78 is 25.3. The zero-order valence-electron chi connectivity index (χ0n) is 9.85. The summed E-state index contributed by atoms with van der Waals surface area (Å²) in [6, 6.07) is 0.635. The number of nitrogens with one attached hydrogen (secondary N) is 1. The summed E-state index contributed by atoms with van der Waals surface area (Å²) in [6.07, 6.45) is 0.703. The molecular weight excluding hydrogens is 226 g/mol. The Labute approximate surface area is 97.8 Å². The highest BCUT2D eigenvalue weighted by atomic mass is 32.2. The lowest BCUT2D eigenvalue weighted by molar-refractivity contribution is 0.103. The quantitative estimate of drug-likeness (QED) is 0.715. The van der Waals surface area contributed by atoms with E-state index in [1.807, 2.05) is 6.92 Å². The van der Waals surface area contributed by atoms with Crippen LogP contribution in [0, 0.1) is 0 Å². The SMILES string of the molecule is CCCS(=O)(=O)N1CCN(C2CNC2)CC1. The van der Waals surface area contributed by atoms with E-state index >= 15 is 0 Å². The molecule has 6 heteroatoms. The minimum Gasteiger partial charge on any atom is -0.314 e. The fraction of sp³-hybridized carbons (Fsp3) is 1.00. The maximum Gasteiger partial charge on any atom is 0.214 e. The van der Waals surface area contributed by atoms with Crippen LogP contribution in [0.5, 0.6) is 0 Å². The Morgan fingerprint density at radius 1 is 1.19 bits per heavy atom. The fourth-order valence-corrected chi connectivity index (χ4v) is 3.76. The summed E-state index contributed by atoms with van der Waals surface area (Å²) in [5, 5.41) is 3.25. The number of nitrogens with zero attached hydrogens (tertiary/aromatic N) is 2. The van der Waals surface area contributed by atoms with Gasteiger partial charge in [-0.1, -0.05) is 6.92 Å². The van der Waals surface area contributed by atoms with E-state index in [1.165, 1.54) is 0 Å². The topological polar surface area (TPSA) is 52.7 Å². The lowest BCUT2D eigenvalue weighted by Crippen LogP contribution is -2.62. The first-order valence-corrected chi connectivity index (χ1v) is 7.67. The van der Waals surface area contributed by atoms with Crippen molar-refractivity contribution < 1.29 is 8.42 Å². The third-order valence-corrected chi connectivity index (χ3v) is 5.48. The zero-order valence-corrected chi connectivity index (χ0v) is 10.7. The van der Waals surface area contributed by atoms with E-state index in [4.69, 9.17) is 0 Å². The monoisotopic (exact) mass is 247 g/mol. The molecule has 2 rings (SSSR count). The van der Waals surface area contributed by atoms with E-state index < -0.39 is 10.0 Å². The second kappa shape index (κ2) is 5.00. The lowest BCUT2D eigenvalue weighted by Gasteiger charge is -2.42. The Balaban J connectivity index is 1.84. The van der Waals surface area contributed by atoms with Gasteiger partial charge in [0, 0.05) is 45.3 Å². The molecule has 2 fully saturated rings. The first-order valence-electron chi connectivity index (χ1n) is 6.06. The van der Waals surface area contributed by atoms with E-state index in [9.17, 15) is 8.42 Å². The average molecular weight is 247 g/mol. The maximum absolute atomic E-state index is 11.8. The van der Waals surface area contributed by atoms with Gasteiger partial charge in [0.15, 0.2) is 0 Å². The molecule has 0 spiro atoms. The van der Waals surface area contributed by atoms with Crippen molar-refractivity contribution in [2.75, 3.05) is 45.0 Å². The van der Waals surface area contributed by atoms with E-state index in [1.54, 1.807) is 4.31 Å². The van der Waals surface area contributed by atoms with Crippen LogP contribution in [0.4, 0.5) is 0 Å². The molecule has 0 radical (unpaired) electrons. The molecule has 0 aliphatic carbocycles. The molecule has 0 atom stereocenters. The van der Waals surface area contributed by atoms with Crippen LogP contribution in [0.25, 0.3) is 0 Å². The number of hydrogen-bond donors (Lipinski definition) is 1. The van der Waals surface area contributed by atoms with E-state index in [0.29, 0.717) is 25.6 Å². The molecule has 0 aromatic rings. The van der Waals surface area contributed by atoms with Gasteiger partial charge in [-0.3, -0.25) is 4.90 Å². The highest BCUT2D eigenvalue weighted by Gasteiger charge is 2.31. The molecule has 16 heavy (non-hydrogen) atoms. The Hall–Kier alpha value is -0.170. The smallest absolute Gasteiger partial charge is 0.214 e. The van der Waals surface area contributed by atoms with Crippen molar-refractivity contribution >= 4 is 10.0 Å². The van der Waals surface area contributed by atoms with Gasteiger partial charge in [-0.05, 0) is 6.42 Å². The highest BCUT2D eigenvalue weighted by molar-refractivity contribution is 7.89. The second-order valence-electron chi connectivity index (χ2n) is 4.56. The van der Waals surface area contributed by atoms with Gasteiger partial charge in [-0.2, -0.15) is 4.31 Å². The predicted molar refractivity (Wildman–Crippen MR) is 63.9 cm³/mol. The van der Waals surface area contributed by atoms with E-state index in [2.05, 4.69) is 10.2 Å². The summed E-state index contributed by atoms with van der Waals surface area (Å²) in [5.41, 5.74) is 0. The normalized spacial score (nSPS) is 25.6. The van der Waals surface area contributed by atoms with Crippen LogP contribution in [-0.2, 0) is 10.0 Å². The average Bonchev–Trinajstić information content (AvgIpc) is 2.16. The molecule has 1 N–H and O–H groups in total. The van der Waals surface area contributed by atoms with Gasteiger partial charge in [0.1, 0.15) is 0 Å². The molecular formula is C10H21N3O2S. The summed E-state index contributed by atoms with van der Waals surface area (Å²) in [6.45, 7) is 7.12. The van der Waals surface area contributed by atoms with Crippen molar-refractivity contribution in [2.45, 2.75) is 19.4 Å². The van der Waals surface area contributed by atoms with Crippen LogP contribution in [0.15, 0.2) is 0 Å². The third-order valence-electron chi connectivity index (χ3n) is 3.41. The third kappa shape index (κ3) is 2.56. The van der Waals surface area contributed by atoms with Crippen LogP contribution < -0.4 is 5.32 Å². The molecule has 5 nitrogen and oxygen atoms in total. The van der Waals surface area contributed by atoms with Crippen molar-refractivity contribution in [3.63, 3.8) is 0 Å². The van der Waals surface area contributed by atoms with Gasteiger partial charge in [-0.25, -0.2) is 8.42 Å². The minimum absolute atomic E-state index is 0.290. The molecule has 2 aliphatic heterocycles. The Kier molecular flexibility index (Phi) is 3.84. The zero-order chi connectivity index (χ0) is 11.6. The molecule has 0 saturated carbocycles. The van der Waals surface area contributed by atoms with Gasteiger partial charge in [0.2, 0.25) is 10.0 Å². The van der Waals surface area contributed by atoms with Crippen molar-refractivity contribution in [3.8, 4) is 0 Å². The number of sulfonamides is 1. The number of rotatable bonds is 4. The summed E-state index contributed by atoms with van der Waals surface area (Å²) in [4.78, 5) is 2.40. The van der Waals surface area contributed by atoms with Gasteiger partial charge in [-0.15, -0.1) is 0 Å². The van der Waals surface area contributed by atoms with Gasteiger partial charge in [0.05, 0.1) is 5.75 Å². The summed E-state index contributed by atoms with van der Waals surface area (Å²) in [7, 11) is -2.98. The van der Waals surface area contributed by atoms with Crippen LogP contribution in [-0.4, -0.2) is 68.7 Å². The first kappa shape index (κ1) is 12.3. The van der Waals surface area contributed by atoms with Crippen molar-refractivity contribution in [2.24, 2.45) is 0 Å². The van der Waals surface area contributed by atoms with E-state index in [0.717, 1.165) is 26.2 Å². The van der Waals surface area contributed by atoms with Crippen LogP contribution in [0.1, 0.15) is 13.3 Å². The number of hydrogen-bond acceptors (Lipinski definition) is 4. The predicted octanol–water partition coefficient (Wildman–Crippen LogP) is -0.684. The van der Waals surface area contributed by atoms with E-state index in [-0.39, 0.29) is 5.75 Å². The van der Waals surface area contributed by atoms with Gasteiger partial charge >= 0.3 is 0 Å². The maximum atomic E-state index is 11.8. The fourth-order valence-electron chi connectivity index (χ4n) is 2.27. The minimum atomic E-state index is -2.98. The summed E-state index contributed by atoms with van der Waals surface area (Å²) in [5.74, 6) is 0.290. The molecule has 0 aromatic carbocycles. The number of piperazine rings is 1. The van der Waals surface area contributed by atoms with Crippen molar-refractivity contribution in [3.05, 3.63) is 0 Å². The van der Waals surface area contributed by atoms with Crippen molar-refractivity contribution in [1.82, 2.24) is 14.5 Å². The van der Waals surface area contributed by atoms with Crippen molar-refractivity contribution in [1.29, 1.82) is 0 Å². The lowest BCUT2D eigenvalue weighted by atomic mass is 10.1. The van der Waals surface area contributed by atoms with Crippen LogP contribution in [0.2, 0.25) is 0 Å². The molecule has 2 heterocycles. The molecule has 0 unspecified atom stereocenters. The second-order valence-corrected chi connectivity index (χ2v) is 6.65. The Morgan fingerprint density at radius 2 is 1.81 bits per heavy atom. The molecule has 0 aromatic heterocycles. The molecule has 2 saturated heterocycles. The highest BCUT2D eigenvalue weighted by Crippen LogP contribution is 2.13. The van der Waals surface area contributed by atoms with Crippen LogP contribution in [0.3, 0.4) is 0 Å². The Bertz CT molecular complexity index is 319. The van der Waals surface area contributed by atoms with Gasteiger partial charge in [0.25, 0.3) is 0 Å². The first-order chi connectivity index (χ1) is 7.63. The Morgan fingerprint density at radius 3 is 2.25 bits per heavy atom. The standard InChI is InChI=1S/C10H21N3O2S/c1-2-7-16(14,15)13-5-3-12(4-6-13)10-8-11-9-10/h10-11H,2-9H2,1H3. The summed E-state index contributed by atoms with van der Waals surface area (Å²) >= 11 is 0. The van der Waals surface area contributed by atoms with Gasteiger partial charge < -0.3 is 5.32 Å². The molecule has 0 amide bonds. The molecule has 2 aliphatic rings. The van der Waals surface area contributed by atoms with Crippen LogP contribution >= 0.6 is 0 Å². The molecule has 94 valence electrons. The largest absolute Gasteiger partial charge is 0.314 e.